The van der Waals surface area contributed by atoms with Crippen LogP contribution in [0.3, 0.4) is 0 Å². The summed E-state index contributed by atoms with van der Waals surface area (Å²) in [5.41, 5.74) is 0.184. The highest BCUT2D eigenvalue weighted by Gasteiger charge is 2.46. The zero-order valence-electron chi connectivity index (χ0n) is 18.6. The number of likely N-dealkylation sites (tertiary alicyclic amines) is 1. The van der Waals surface area contributed by atoms with Gasteiger partial charge in [0.25, 0.3) is 17.4 Å². The number of methoxy groups -OCH3 is 1. The fourth-order valence-corrected chi connectivity index (χ4v) is 4.34. The van der Waals surface area contributed by atoms with Crippen LogP contribution in [0.25, 0.3) is 5.76 Å². The molecule has 10 nitrogen and oxygen atoms in total. The molecule has 1 aliphatic heterocycles. The van der Waals surface area contributed by atoms with Crippen LogP contribution in [0.2, 0.25) is 5.02 Å². The lowest BCUT2D eigenvalue weighted by atomic mass is 9.95. The molecule has 1 aromatic heterocycles. The number of Topliss-reactive ketones (excluding diaryl/α,β-unsaturated/α-hetero) is 1. The van der Waals surface area contributed by atoms with Crippen molar-refractivity contribution >= 4 is 34.7 Å². The number of imidazole rings is 1. The zero-order chi connectivity index (χ0) is 25.1. The van der Waals surface area contributed by atoms with E-state index < -0.39 is 28.4 Å². The molecule has 4 rings (SSSR count). The molecule has 1 aliphatic rings. The number of ketones is 1. The monoisotopic (exact) mass is 496 g/mol. The van der Waals surface area contributed by atoms with E-state index in [1.807, 2.05) is 4.57 Å². The van der Waals surface area contributed by atoms with Crippen molar-refractivity contribution in [3.63, 3.8) is 0 Å². The van der Waals surface area contributed by atoms with Crippen LogP contribution in [0.1, 0.15) is 23.6 Å². The number of carbonyl (C=O) groups excluding carboxylic acids is 2. The van der Waals surface area contributed by atoms with Crippen molar-refractivity contribution in [1.29, 1.82) is 0 Å². The van der Waals surface area contributed by atoms with Crippen LogP contribution in [0.5, 0.6) is 5.75 Å². The maximum Gasteiger partial charge on any atom is 0.295 e. The second-order valence-electron chi connectivity index (χ2n) is 7.85. The minimum atomic E-state index is -1.02. The molecular formula is C24H21ClN4O6. The molecule has 1 unspecified atom stereocenters. The molecule has 1 fully saturated rings. The Labute approximate surface area is 205 Å². The Balaban J connectivity index is 1.78. The normalized spacial score (nSPS) is 17.1. The summed E-state index contributed by atoms with van der Waals surface area (Å²) < 4.78 is 6.96. The van der Waals surface area contributed by atoms with Crippen LogP contribution in [0.15, 0.2) is 66.8 Å². The highest BCUT2D eigenvalue weighted by Crippen LogP contribution is 2.41. The van der Waals surface area contributed by atoms with Gasteiger partial charge in [0.15, 0.2) is 0 Å². The predicted molar refractivity (Wildman–Crippen MR) is 127 cm³/mol. The summed E-state index contributed by atoms with van der Waals surface area (Å²) in [6.07, 6.45) is 5.54. The summed E-state index contributed by atoms with van der Waals surface area (Å²) in [6.45, 7) is 0.717. The molecule has 35 heavy (non-hydrogen) atoms. The van der Waals surface area contributed by atoms with Gasteiger partial charge in [-0.2, -0.15) is 0 Å². The minimum Gasteiger partial charge on any atom is -0.507 e. The molecule has 1 N–H and O–H groups in total. The Morgan fingerprint density at radius 3 is 2.69 bits per heavy atom. The van der Waals surface area contributed by atoms with Crippen molar-refractivity contribution in [3.05, 3.63) is 93.0 Å². The van der Waals surface area contributed by atoms with E-state index in [1.54, 1.807) is 24.8 Å². The number of aryl methyl sites for hydroxylation is 1. The highest BCUT2D eigenvalue weighted by molar-refractivity contribution is 6.46. The molecule has 0 radical (unpaired) electrons. The lowest BCUT2D eigenvalue weighted by Crippen LogP contribution is -2.31. The SMILES string of the molecule is COc1ccc(C(O)=C2C(=O)C(=O)N(CCCn3ccnc3)C2c2cccc([N+](=O)[O-])c2)cc1Cl. The Morgan fingerprint density at radius 2 is 2.03 bits per heavy atom. The van der Waals surface area contributed by atoms with Crippen LogP contribution in [0.4, 0.5) is 5.69 Å². The molecule has 0 spiro atoms. The van der Waals surface area contributed by atoms with Gasteiger partial charge in [0.1, 0.15) is 11.5 Å². The first-order valence-electron chi connectivity index (χ1n) is 10.6. The van der Waals surface area contributed by atoms with Crippen LogP contribution < -0.4 is 4.74 Å². The van der Waals surface area contributed by atoms with E-state index in [-0.39, 0.29) is 28.4 Å². The first kappa shape index (κ1) is 24.0. The summed E-state index contributed by atoms with van der Waals surface area (Å²) in [7, 11) is 1.44. The maximum absolute atomic E-state index is 13.1. The topological polar surface area (TPSA) is 128 Å². The van der Waals surface area contributed by atoms with Crippen LogP contribution in [0, 0.1) is 10.1 Å². The molecule has 0 bridgehead atoms. The number of aromatic nitrogens is 2. The Bertz CT molecular complexity index is 1320. The summed E-state index contributed by atoms with van der Waals surface area (Å²) in [5, 5.41) is 22.7. The van der Waals surface area contributed by atoms with Crippen molar-refractivity contribution in [2.24, 2.45) is 0 Å². The molecule has 2 aromatic carbocycles. The smallest absolute Gasteiger partial charge is 0.295 e. The summed E-state index contributed by atoms with van der Waals surface area (Å²) in [6, 6.07) is 9.12. The maximum atomic E-state index is 13.1. The van der Waals surface area contributed by atoms with Crippen LogP contribution >= 0.6 is 11.6 Å². The number of hydrogen-bond donors (Lipinski definition) is 1. The Hall–Kier alpha value is -4.18. The first-order chi connectivity index (χ1) is 16.8. The molecule has 1 saturated heterocycles. The third-order valence-corrected chi connectivity index (χ3v) is 6.03. The number of halogens is 1. The Kier molecular flexibility index (Phi) is 6.83. The number of aliphatic hydroxyl groups is 1. The summed E-state index contributed by atoms with van der Waals surface area (Å²) >= 11 is 6.20. The minimum absolute atomic E-state index is 0.167. The molecular weight excluding hydrogens is 476 g/mol. The quantitative estimate of drug-likeness (QED) is 0.164. The lowest BCUT2D eigenvalue weighted by molar-refractivity contribution is -0.384. The van der Waals surface area contributed by atoms with Gasteiger partial charge in [-0.15, -0.1) is 0 Å². The van der Waals surface area contributed by atoms with Crippen LogP contribution in [-0.2, 0) is 16.1 Å². The number of ether oxygens (including phenoxy) is 1. The number of rotatable bonds is 8. The lowest BCUT2D eigenvalue weighted by Gasteiger charge is -2.25. The number of nitro benzene ring substituents is 1. The van der Waals surface area contributed by atoms with E-state index in [1.165, 1.54) is 48.4 Å². The fraction of sp³-hybridized carbons (Fsp3) is 0.208. The number of carbonyl (C=O) groups is 2. The van der Waals surface area contributed by atoms with E-state index in [0.29, 0.717) is 24.3 Å². The van der Waals surface area contributed by atoms with Gasteiger partial charge in [0.2, 0.25) is 0 Å². The zero-order valence-corrected chi connectivity index (χ0v) is 19.4. The number of non-ortho nitro benzene ring substituents is 1. The molecule has 1 amide bonds. The van der Waals surface area contributed by atoms with Gasteiger partial charge in [0, 0.05) is 43.2 Å². The van der Waals surface area contributed by atoms with Crippen molar-refractivity contribution in [3.8, 4) is 5.75 Å². The average Bonchev–Trinajstić information content (AvgIpc) is 3.46. The molecule has 0 saturated carbocycles. The van der Waals surface area contributed by atoms with Gasteiger partial charge in [-0.3, -0.25) is 19.7 Å². The largest absolute Gasteiger partial charge is 0.507 e. The van der Waals surface area contributed by atoms with E-state index in [9.17, 15) is 24.8 Å². The number of amides is 1. The van der Waals surface area contributed by atoms with E-state index in [4.69, 9.17) is 16.3 Å². The van der Waals surface area contributed by atoms with Gasteiger partial charge >= 0.3 is 0 Å². The molecule has 1 atom stereocenters. The predicted octanol–water partition coefficient (Wildman–Crippen LogP) is 3.97. The Morgan fingerprint density at radius 1 is 1.23 bits per heavy atom. The molecule has 180 valence electrons. The number of nitro groups is 1. The standard InChI is InChI=1S/C24H21ClN4O6/c1-35-19-7-6-16(13-18(19)25)22(30)20-21(15-4-2-5-17(12-15)29(33)34)28(24(32)23(20)31)10-3-9-27-11-8-26-14-27/h2,4-8,11-14,21,30H,3,9-10H2,1H3. The van der Waals surface area contributed by atoms with Gasteiger partial charge in [0.05, 0.1) is 35.0 Å². The van der Waals surface area contributed by atoms with E-state index >= 15 is 0 Å². The van der Waals surface area contributed by atoms with Crippen molar-refractivity contribution < 1.29 is 24.4 Å². The number of aliphatic hydroxyl groups excluding tert-OH is 1. The number of hydrogen-bond acceptors (Lipinski definition) is 7. The van der Waals surface area contributed by atoms with E-state index in [2.05, 4.69) is 4.98 Å². The summed E-state index contributed by atoms with van der Waals surface area (Å²) in [5.74, 6) is -1.73. The highest BCUT2D eigenvalue weighted by atomic mass is 35.5. The molecule has 11 heteroatoms. The van der Waals surface area contributed by atoms with Gasteiger partial charge in [-0.05, 0) is 30.2 Å². The van der Waals surface area contributed by atoms with Crippen molar-refractivity contribution in [2.45, 2.75) is 19.0 Å². The molecule has 3 aromatic rings. The van der Waals surface area contributed by atoms with Gasteiger partial charge in [-0.1, -0.05) is 23.7 Å². The van der Waals surface area contributed by atoms with E-state index in [0.717, 1.165) is 0 Å². The summed E-state index contributed by atoms with van der Waals surface area (Å²) in [4.78, 5) is 42.3. The van der Waals surface area contributed by atoms with Gasteiger partial charge in [-0.25, -0.2) is 4.98 Å². The van der Waals surface area contributed by atoms with Crippen molar-refractivity contribution in [2.75, 3.05) is 13.7 Å². The van der Waals surface area contributed by atoms with Crippen LogP contribution in [-0.4, -0.2) is 49.8 Å². The first-order valence-corrected chi connectivity index (χ1v) is 11.0. The average molecular weight is 497 g/mol. The fourth-order valence-electron chi connectivity index (χ4n) is 4.08. The second kappa shape index (κ2) is 9.98. The molecule has 0 aliphatic carbocycles. The van der Waals surface area contributed by atoms with Crippen molar-refractivity contribution in [1.82, 2.24) is 14.5 Å². The van der Waals surface area contributed by atoms with Gasteiger partial charge < -0.3 is 19.3 Å². The molecule has 2 heterocycles. The number of nitrogens with zero attached hydrogens (tertiary/aromatic N) is 4. The second-order valence-corrected chi connectivity index (χ2v) is 8.26. The number of benzene rings is 2. The third kappa shape index (κ3) is 4.73. The third-order valence-electron chi connectivity index (χ3n) is 5.74.